The Kier molecular flexibility index (Phi) is 5.02. The van der Waals surface area contributed by atoms with E-state index in [1.54, 1.807) is 12.4 Å². The first-order valence-electron chi connectivity index (χ1n) is 8.06. The van der Waals surface area contributed by atoms with Gasteiger partial charge in [0.1, 0.15) is 0 Å². The van der Waals surface area contributed by atoms with Gasteiger partial charge in [-0.2, -0.15) is 0 Å². The molecule has 0 spiro atoms. The maximum Gasteiger partial charge on any atom is 0.252 e. The van der Waals surface area contributed by atoms with Crippen LogP contribution in [-0.4, -0.2) is 10.9 Å². The van der Waals surface area contributed by atoms with Crippen molar-refractivity contribution in [3.05, 3.63) is 101 Å². The second kappa shape index (κ2) is 7.55. The predicted octanol–water partition coefficient (Wildman–Crippen LogP) is 4.16. The van der Waals surface area contributed by atoms with Crippen molar-refractivity contribution >= 4 is 5.91 Å². The number of nitrogens with one attached hydrogen (secondary N) is 1. The number of carbonyl (C=O) groups excluding carboxylic acids is 1. The first-order chi connectivity index (χ1) is 11.7. The quantitative estimate of drug-likeness (QED) is 0.768. The fraction of sp³-hybridized carbons (Fsp3) is 0.143. The zero-order valence-corrected chi connectivity index (χ0v) is 13.6. The van der Waals surface area contributed by atoms with E-state index in [0.29, 0.717) is 0 Å². The minimum absolute atomic E-state index is 0.0501. The van der Waals surface area contributed by atoms with Gasteiger partial charge in [-0.25, -0.2) is 0 Å². The fourth-order valence-electron chi connectivity index (χ4n) is 2.72. The molecule has 0 aliphatic carbocycles. The average Bonchev–Trinajstić information content (AvgIpc) is 2.63. The molecular weight excluding hydrogens is 296 g/mol. The first kappa shape index (κ1) is 15.9. The van der Waals surface area contributed by atoms with Gasteiger partial charge in [-0.15, -0.1) is 0 Å². The van der Waals surface area contributed by atoms with Crippen molar-refractivity contribution in [3.63, 3.8) is 0 Å². The Morgan fingerprint density at radius 1 is 0.958 bits per heavy atom. The Labute approximate surface area is 142 Å². The Bertz CT molecular complexity index is 800. The number of aromatic nitrogens is 1. The fourth-order valence-corrected chi connectivity index (χ4v) is 2.72. The maximum atomic E-state index is 12.7. The summed E-state index contributed by atoms with van der Waals surface area (Å²) in [4.78, 5) is 16.7. The lowest BCUT2D eigenvalue weighted by Gasteiger charge is -2.16. The number of hydrogen-bond acceptors (Lipinski definition) is 2. The molecule has 0 radical (unpaired) electrons. The topological polar surface area (TPSA) is 42.0 Å². The smallest absolute Gasteiger partial charge is 0.252 e. The SMILES string of the molecule is C[C@@H](NC(=O)c1ccccc1Cc1ccccc1)c1ccncc1. The summed E-state index contributed by atoms with van der Waals surface area (Å²) in [7, 11) is 0. The standard InChI is InChI=1S/C21H20N2O/c1-16(18-11-13-22-14-12-18)23-21(24)20-10-6-5-9-19(20)15-17-7-3-2-4-8-17/h2-14,16H,15H2,1H3,(H,23,24)/t16-/m1/s1. The van der Waals surface area contributed by atoms with E-state index in [4.69, 9.17) is 0 Å². The maximum absolute atomic E-state index is 12.7. The number of benzene rings is 2. The highest BCUT2D eigenvalue weighted by Gasteiger charge is 2.14. The van der Waals surface area contributed by atoms with Crippen LogP contribution >= 0.6 is 0 Å². The summed E-state index contributed by atoms with van der Waals surface area (Å²) >= 11 is 0. The summed E-state index contributed by atoms with van der Waals surface area (Å²) in [6, 6.07) is 21.7. The van der Waals surface area contributed by atoms with Crippen molar-refractivity contribution < 1.29 is 4.79 Å². The molecule has 3 rings (SSSR count). The van der Waals surface area contributed by atoms with E-state index in [-0.39, 0.29) is 11.9 Å². The lowest BCUT2D eigenvalue weighted by molar-refractivity contribution is 0.0939. The Balaban J connectivity index is 1.78. The lowest BCUT2D eigenvalue weighted by Crippen LogP contribution is -2.27. The molecule has 0 saturated carbocycles. The van der Waals surface area contributed by atoms with Gasteiger partial charge >= 0.3 is 0 Å². The Hall–Kier alpha value is -2.94. The van der Waals surface area contributed by atoms with Crippen LogP contribution in [0.3, 0.4) is 0 Å². The normalized spacial score (nSPS) is 11.7. The van der Waals surface area contributed by atoms with E-state index in [2.05, 4.69) is 22.4 Å². The molecule has 0 aliphatic heterocycles. The van der Waals surface area contributed by atoms with E-state index in [9.17, 15) is 4.79 Å². The van der Waals surface area contributed by atoms with Crippen LogP contribution in [0.2, 0.25) is 0 Å². The van der Waals surface area contributed by atoms with Gasteiger partial charge in [0.2, 0.25) is 0 Å². The molecule has 1 amide bonds. The van der Waals surface area contributed by atoms with Gasteiger partial charge < -0.3 is 5.32 Å². The van der Waals surface area contributed by atoms with Crippen LogP contribution in [0.25, 0.3) is 0 Å². The highest BCUT2D eigenvalue weighted by molar-refractivity contribution is 5.96. The molecule has 0 aliphatic rings. The van der Waals surface area contributed by atoms with Crippen molar-refractivity contribution in [1.82, 2.24) is 10.3 Å². The van der Waals surface area contributed by atoms with E-state index >= 15 is 0 Å². The summed E-state index contributed by atoms with van der Waals surface area (Å²) in [5.41, 5.74) is 3.99. The van der Waals surface area contributed by atoms with Crippen molar-refractivity contribution in [2.75, 3.05) is 0 Å². The van der Waals surface area contributed by atoms with Gasteiger partial charge in [0.15, 0.2) is 0 Å². The molecule has 3 aromatic rings. The second-order valence-electron chi connectivity index (χ2n) is 5.80. The van der Waals surface area contributed by atoms with Crippen LogP contribution in [0, 0.1) is 0 Å². The summed E-state index contributed by atoms with van der Waals surface area (Å²) in [5.74, 6) is -0.0501. The molecule has 1 aromatic heterocycles. The lowest BCUT2D eigenvalue weighted by atomic mass is 9.99. The minimum atomic E-state index is -0.0646. The van der Waals surface area contributed by atoms with E-state index in [1.807, 2.05) is 61.5 Å². The third-order valence-electron chi connectivity index (χ3n) is 4.05. The third-order valence-corrected chi connectivity index (χ3v) is 4.05. The summed E-state index contributed by atoms with van der Waals surface area (Å²) in [6.45, 7) is 1.98. The van der Waals surface area contributed by atoms with Crippen molar-refractivity contribution in [3.8, 4) is 0 Å². The molecular formula is C21H20N2O. The van der Waals surface area contributed by atoms with Gasteiger partial charge in [-0.3, -0.25) is 9.78 Å². The average molecular weight is 316 g/mol. The number of rotatable bonds is 5. The summed E-state index contributed by atoms with van der Waals surface area (Å²) in [6.07, 6.45) is 4.22. The van der Waals surface area contributed by atoms with Crippen molar-refractivity contribution in [2.24, 2.45) is 0 Å². The molecule has 0 unspecified atom stereocenters. The van der Waals surface area contributed by atoms with Crippen LogP contribution in [0.1, 0.15) is 40.0 Å². The first-order valence-corrected chi connectivity index (χ1v) is 8.06. The summed E-state index contributed by atoms with van der Waals surface area (Å²) < 4.78 is 0. The number of carbonyl (C=O) groups is 1. The predicted molar refractivity (Wildman–Crippen MR) is 95.8 cm³/mol. The van der Waals surface area contributed by atoms with Gasteiger partial charge in [-0.05, 0) is 48.2 Å². The molecule has 2 aromatic carbocycles. The molecule has 1 heterocycles. The molecule has 0 bridgehead atoms. The van der Waals surface area contributed by atoms with E-state index in [1.165, 1.54) is 5.56 Å². The molecule has 0 saturated heterocycles. The largest absolute Gasteiger partial charge is 0.346 e. The molecule has 0 fully saturated rings. The van der Waals surface area contributed by atoms with Crippen LogP contribution < -0.4 is 5.32 Å². The zero-order valence-electron chi connectivity index (χ0n) is 13.6. The number of hydrogen-bond donors (Lipinski definition) is 1. The number of nitrogens with zero attached hydrogens (tertiary/aromatic N) is 1. The van der Waals surface area contributed by atoms with Crippen molar-refractivity contribution in [2.45, 2.75) is 19.4 Å². The monoisotopic (exact) mass is 316 g/mol. The second-order valence-corrected chi connectivity index (χ2v) is 5.80. The highest BCUT2D eigenvalue weighted by Crippen LogP contribution is 2.17. The summed E-state index contributed by atoms with van der Waals surface area (Å²) in [5, 5.41) is 3.07. The highest BCUT2D eigenvalue weighted by atomic mass is 16.1. The van der Waals surface area contributed by atoms with Crippen LogP contribution in [0.5, 0.6) is 0 Å². The number of amides is 1. The molecule has 1 atom stereocenters. The van der Waals surface area contributed by atoms with Gasteiger partial charge in [-0.1, -0.05) is 48.5 Å². The van der Waals surface area contributed by atoms with Crippen molar-refractivity contribution in [1.29, 1.82) is 0 Å². The molecule has 24 heavy (non-hydrogen) atoms. The molecule has 120 valence electrons. The molecule has 3 nitrogen and oxygen atoms in total. The molecule has 1 N–H and O–H groups in total. The Morgan fingerprint density at radius 2 is 1.62 bits per heavy atom. The van der Waals surface area contributed by atoms with Gasteiger partial charge in [0, 0.05) is 18.0 Å². The van der Waals surface area contributed by atoms with E-state index in [0.717, 1.165) is 23.1 Å². The third kappa shape index (κ3) is 3.87. The van der Waals surface area contributed by atoms with Gasteiger partial charge in [0.25, 0.3) is 5.91 Å². The van der Waals surface area contributed by atoms with Crippen LogP contribution in [0.4, 0.5) is 0 Å². The van der Waals surface area contributed by atoms with Crippen LogP contribution in [0.15, 0.2) is 79.1 Å². The minimum Gasteiger partial charge on any atom is -0.346 e. The van der Waals surface area contributed by atoms with Gasteiger partial charge in [0.05, 0.1) is 6.04 Å². The Morgan fingerprint density at radius 3 is 2.38 bits per heavy atom. The number of pyridine rings is 1. The van der Waals surface area contributed by atoms with Crippen LogP contribution in [-0.2, 0) is 6.42 Å². The van der Waals surface area contributed by atoms with E-state index < -0.39 is 0 Å². The molecule has 3 heteroatoms. The zero-order chi connectivity index (χ0) is 16.8.